The number of unbranched alkanes of at least 4 members (excludes halogenated alkanes) is 6. The van der Waals surface area contributed by atoms with E-state index in [1.807, 2.05) is 12.1 Å². The molecule has 0 aromatic heterocycles. The highest BCUT2D eigenvalue weighted by atomic mass is 16.5. The highest BCUT2D eigenvalue weighted by molar-refractivity contribution is 5.28. The molecule has 20 heavy (non-hydrogen) atoms. The lowest BCUT2D eigenvalue weighted by molar-refractivity contribution is 0.414. The zero-order chi connectivity index (χ0) is 14.6. The van der Waals surface area contributed by atoms with Crippen LogP contribution in [0.4, 0.5) is 0 Å². The van der Waals surface area contributed by atoms with Crippen LogP contribution in [-0.2, 0) is 0 Å². The SMILES string of the molecule is CCCCCCCCCC(NN)c1ccc(OC)cc1. The van der Waals surface area contributed by atoms with E-state index in [4.69, 9.17) is 10.6 Å². The fourth-order valence-corrected chi connectivity index (χ4v) is 2.49. The Labute approximate surface area is 123 Å². The van der Waals surface area contributed by atoms with Crippen molar-refractivity contribution in [1.82, 2.24) is 5.43 Å². The van der Waals surface area contributed by atoms with Gasteiger partial charge in [-0.05, 0) is 24.1 Å². The van der Waals surface area contributed by atoms with E-state index in [0.717, 1.165) is 12.2 Å². The standard InChI is InChI=1S/C17H30N2O/c1-3-4-5-6-7-8-9-10-17(19-18)15-11-13-16(20-2)14-12-15/h11-14,17,19H,3-10,18H2,1-2H3. The first kappa shape index (κ1) is 17.0. The third-order valence-electron chi connectivity index (χ3n) is 3.82. The molecular formula is C17H30N2O. The second-order valence-corrected chi connectivity index (χ2v) is 5.40. The van der Waals surface area contributed by atoms with Crippen LogP contribution in [0.25, 0.3) is 0 Å². The molecule has 3 N–H and O–H groups in total. The van der Waals surface area contributed by atoms with Crippen molar-refractivity contribution in [1.29, 1.82) is 0 Å². The second-order valence-electron chi connectivity index (χ2n) is 5.40. The van der Waals surface area contributed by atoms with Crippen molar-refractivity contribution in [3.63, 3.8) is 0 Å². The molecule has 1 aromatic carbocycles. The molecule has 0 bridgehead atoms. The van der Waals surface area contributed by atoms with Gasteiger partial charge in [0, 0.05) is 6.04 Å². The number of methoxy groups -OCH3 is 1. The van der Waals surface area contributed by atoms with E-state index in [0.29, 0.717) is 0 Å². The summed E-state index contributed by atoms with van der Waals surface area (Å²) < 4.78 is 5.18. The largest absolute Gasteiger partial charge is 0.497 e. The van der Waals surface area contributed by atoms with Gasteiger partial charge in [0.15, 0.2) is 0 Å². The first-order valence-electron chi connectivity index (χ1n) is 7.92. The molecule has 0 spiro atoms. The Kier molecular flexibility index (Phi) is 9.09. The number of benzene rings is 1. The number of nitrogens with two attached hydrogens (primary N) is 1. The first-order valence-corrected chi connectivity index (χ1v) is 7.92. The van der Waals surface area contributed by atoms with Crippen molar-refractivity contribution in [3.05, 3.63) is 29.8 Å². The van der Waals surface area contributed by atoms with Crippen LogP contribution in [0.3, 0.4) is 0 Å². The van der Waals surface area contributed by atoms with Crippen molar-refractivity contribution in [2.75, 3.05) is 7.11 Å². The molecule has 0 saturated carbocycles. The summed E-state index contributed by atoms with van der Waals surface area (Å²) in [5, 5.41) is 0. The van der Waals surface area contributed by atoms with Gasteiger partial charge in [0.1, 0.15) is 5.75 Å². The van der Waals surface area contributed by atoms with Crippen LogP contribution in [0, 0.1) is 0 Å². The summed E-state index contributed by atoms with van der Waals surface area (Å²) >= 11 is 0. The zero-order valence-corrected chi connectivity index (χ0v) is 13.0. The van der Waals surface area contributed by atoms with Crippen LogP contribution in [0.2, 0.25) is 0 Å². The molecule has 3 nitrogen and oxygen atoms in total. The third-order valence-corrected chi connectivity index (χ3v) is 3.82. The van der Waals surface area contributed by atoms with Gasteiger partial charge in [0.2, 0.25) is 0 Å². The van der Waals surface area contributed by atoms with Crippen LogP contribution in [0.1, 0.15) is 69.9 Å². The van der Waals surface area contributed by atoms with Crippen molar-refractivity contribution in [2.24, 2.45) is 5.84 Å². The molecule has 0 aliphatic rings. The summed E-state index contributed by atoms with van der Waals surface area (Å²) in [7, 11) is 1.69. The molecule has 0 radical (unpaired) electrons. The molecule has 1 unspecified atom stereocenters. The van der Waals surface area contributed by atoms with Crippen LogP contribution < -0.4 is 16.0 Å². The highest BCUT2D eigenvalue weighted by Gasteiger charge is 2.09. The van der Waals surface area contributed by atoms with Crippen LogP contribution in [-0.4, -0.2) is 7.11 Å². The van der Waals surface area contributed by atoms with Gasteiger partial charge in [-0.25, -0.2) is 0 Å². The van der Waals surface area contributed by atoms with Gasteiger partial charge in [-0.2, -0.15) is 0 Å². The van der Waals surface area contributed by atoms with Gasteiger partial charge in [0.05, 0.1) is 7.11 Å². The molecule has 3 heteroatoms. The molecule has 1 atom stereocenters. The number of nitrogens with one attached hydrogen (secondary N) is 1. The molecule has 114 valence electrons. The van der Waals surface area contributed by atoms with Crippen molar-refractivity contribution in [3.8, 4) is 5.75 Å². The second kappa shape index (κ2) is 10.7. The predicted molar refractivity (Wildman–Crippen MR) is 85.7 cm³/mol. The summed E-state index contributed by atoms with van der Waals surface area (Å²) in [5.41, 5.74) is 4.16. The van der Waals surface area contributed by atoms with Crippen LogP contribution >= 0.6 is 0 Å². The van der Waals surface area contributed by atoms with E-state index < -0.39 is 0 Å². The van der Waals surface area contributed by atoms with Crippen LogP contribution in [0.15, 0.2) is 24.3 Å². The summed E-state index contributed by atoms with van der Waals surface area (Å²) in [6.45, 7) is 2.26. The predicted octanol–water partition coefficient (Wildman–Crippen LogP) is 4.34. The smallest absolute Gasteiger partial charge is 0.118 e. The number of ether oxygens (including phenoxy) is 1. The molecule has 1 rings (SSSR count). The van der Waals surface area contributed by atoms with Gasteiger partial charge in [0.25, 0.3) is 0 Å². The molecule has 0 fully saturated rings. The van der Waals surface area contributed by atoms with Gasteiger partial charge in [-0.15, -0.1) is 0 Å². The summed E-state index contributed by atoms with van der Waals surface area (Å²) in [4.78, 5) is 0. The van der Waals surface area contributed by atoms with E-state index in [1.165, 1.54) is 50.5 Å². The van der Waals surface area contributed by atoms with Gasteiger partial charge in [-0.1, -0.05) is 64.0 Å². The number of hydrogen-bond donors (Lipinski definition) is 2. The van der Waals surface area contributed by atoms with E-state index in [9.17, 15) is 0 Å². The fourth-order valence-electron chi connectivity index (χ4n) is 2.49. The van der Waals surface area contributed by atoms with E-state index in [-0.39, 0.29) is 6.04 Å². The van der Waals surface area contributed by atoms with Gasteiger partial charge in [-0.3, -0.25) is 11.3 Å². The van der Waals surface area contributed by atoms with E-state index in [2.05, 4.69) is 24.5 Å². The monoisotopic (exact) mass is 278 g/mol. The first-order chi connectivity index (χ1) is 9.81. The summed E-state index contributed by atoms with van der Waals surface area (Å²) in [6, 6.07) is 8.40. The third kappa shape index (κ3) is 6.40. The average Bonchev–Trinajstić information content (AvgIpc) is 2.50. The normalized spacial score (nSPS) is 12.3. The Morgan fingerprint density at radius 2 is 1.60 bits per heavy atom. The minimum Gasteiger partial charge on any atom is -0.497 e. The Morgan fingerprint density at radius 1 is 1.00 bits per heavy atom. The van der Waals surface area contributed by atoms with Crippen LogP contribution in [0.5, 0.6) is 5.75 Å². The zero-order valence-electron chi connectivity index (χ0n) is 13.0. The lowest BCUT2D eigenvalue weighted by Gasteiger charge is -2.16. The van der Waals surface area contributed by atoms with E-state index >= 15 is 0 Å². The van der Waals surface area contributed by atoms with Crippen molar-refractivity contribution in [2.45, 2.75) is 64.3 Å². The number of hydrogen-bond acceptors (Lipinski definition) is 3. The molecule has 0 heterocycles. The molecule has 0 amide bonds. The number of rotatable bonds is 11. The van der Waals surface area contributed by atoms with Crippen molar-refractivity contribution < 1.29 is 4.74 Å². The molecule has 0 aliphatic carbocycles. The lowest BCUT2D eigenvalue weighted by Crippen LogP contribution is -2.27. The van der Waals surface area contributed by atoms with Crippen molar-refractivity contribution >= 4 is 0 Å². The average molecular weight is 278 g/mol. The quantitative estimate of drug-likeness (QED) is 0.359. The Morgan fingerprint density at radius 3 is 2.15 bits per heavy atom. The summed E-state index contributed by atoms with van der Waals surface area (Å²) in [5.74, 6) is 6.56. The molecule has 0 aliphatic heterocycles. The van der Waals surface area contributed by atoms with Gasteiger partial charge >= 0.3 is 0 Å². The Balaban J connectivity index is 2.24. The topological polar surface area (TPSA) is 47.3 Å². The Bertz CT molecular complexity index is 337. The Hall–Kier alpha value is -1.06. The van der Waals surface area contributed by atoms with E-state index in [1.54, 1.807) is 7.11 Å². The lowest BCUT2D eigenvalue weighted by atomic mass is 10.00. The molecule has 0 saturated heterocycles. The maximum absolute atomic E-state index is 5.67. The maximum atomic E-state index is 5.67. The number of hydrazine groups is 1. The molecule has 1 aromatic rings. The molecular weight excluding hydrogens is 248 g/mol. The minimum atomic E-state index is 0.247. The minimum absolute atomic E-state index is 0.247. The maximum Gasteiger partial charge on any atom is 0.118 e. The highest BCUT2D eigenvalue weighted by Crippen LogP contribution is 2.22. The summed E-state index contributed by atoms with van der Waals surface area (Å²) in [6.07, 6.45) is 10.4. The van der Waals surface area contributed by atoms with Gasteiger partial charge < -0.3 is 4.74 Å². The fraction of sp³-hybridized carbons (Fsp3) is 0.647.